The van der Waals surface area contributed by atoms with E-state index in [1.165, 1.54) is 19.9 Å². The molecular formula is C43H39Cl3N4O6. The summed E-state index contributed by atoms with van der Waals surface area (Å²) in [5, 5.41) is 41.5. The number of aliphatic carboxylic acids is 1. The number of halogens is 3. The lowest BCUT2D eigenvalue weighted by Crippen LogP contribution is -2.46. The molecule has 0 spiro atoms. The molecule has 0 saturated heterocycles. The van der Waals surface area contributed by atoms with Crippen LogP contribution in [-0.2, 0) is 24.6 Å². The summed E-state index contributed by atoms with van der Waals surface area (Å²) in [7, 11) is 0. The summed E-state index contributed by atoms with van der Waals surface area (Å²) >= 11 is 20.7. The van der Waals surface area contributed by atoms with E-state index in [2.05, 4.69) is 10.3 Å². The van der Waals surface area contributed by atoms with Gasteiger partial charge in [-0.3, -0.25) is 10.1 Å². The molecule has 0 saturated carbocycles. The maximum Gasteiger partial charge on any atom is 0.323 e. The van der Waals surface area contributed by atoms with Gasteiger partial charge >= 0.3 is 5.97 Å². The van der Waals surface area contributed by atoms with E-state index >= 15 is 0 Å². The molecule has 0 unspecified atom stereocenters. The predicted molar refractivity (Wildman–Crippen MR) is 216 cm³/mol. The number of hydrogen-bond acceptors (Lipinski definition) is 9. The molecule has 5 rings (SSSR count). The van der Waals surface area contributed by atoms with Gasteiger partial charge < -0.3 is 24.4 Å². The number of pyridine rings is 1. The van der Waals surface area contributed by atoms with Crippen LogP contribution in [0.3, 0.4) is 0 Å². The van der Waals surface area contributed by atoms with Gasteiger partial charge in [0.1, 0.15) is 29.5 Å². The second kappa shape index (κ2) is 19.5. The zero-order valence-electron chi connectivity index (χ0n) is 30.7. The number of carboxylic acid groups (broad SMARTS) is 1. The van der Waals surface area contributed by atoms with Crippen LogP contribution in [-0.4, -0.2) is 39.9 Å². The fourth-order valence-corrected chi connectivity index (χ4v) is 6.46. The van der Waals surface area contributed by atoms with Crippen molar-refractivity contribution >= 4 is 40.8 Å². The number of unbranched alkanes of at least 4 members (excludes halogenated alkanes) is 2. The highest BCUT2D eigenvalue weighted by molar-refractivity contribution is 6.38. The van der Waals surface area contributed by atoms with E-state index in [-0.39, 0.29) is 43.1 Å². The van der Waals surface area contributed by atoms with Crippen LogP contribution >= 0.6 is 34.8 Å². The summed E-state index contributed by atoms with van der Waals surface area (Å²) in [6.07, 6.45) is 2.53. The number of nitriles is 2. The van der Waals surface area contributed by atoms with Crippen molar-refractivity contribution in [2.24, 2.45) is 0 Å². The third kappa shape index (κ3) is 10.7. The molecule has 0 radical (unpaired) electrons. The summed E-state index contributed by atoms with van der Waals surface area (Å²) < 4.78 is 18.0. The molecular weight excluding hydrogens is 775 g/mol. The molecule has 0 amide bonds. The standard InChI is InChI=1S/C43H39Cl3N4O6/c1-43(2,42(52)53)49-24-32-21-37(44)41(50-40(32)55-25-29-19-27(22-47)18-28(20-29)23-48)56-26-31-8-6-10-35(38(31)45)36-11-7-9-34(39(36)46)30-12-14-33(15-13-30)54-17-5-3-4-16-51/h6-15,18-21,49,51H,3-5,16-17,24-26H2,1-2H3,(H,52,53). The van der Waals surface area contributed by atoms with Crippen molar-refractivity contribution in [3.8, 4) is 51.9 Å². The van der Waals surface area contributed by atoms with Gasteiger partial charge in [0.2, 0.25) is 11.8 Å². The second-order valence-electron chi connectivity index (χ2n) is 13.3. The third-order valence-corrected chi connectivity index (χ3v) is 9.96. The van der Waals surface area contributed by atoms with E-state index < -0.39 is 11.5 Å². The Hall–Kier alpha value is -5.33. The SMILES string of the molecule is CC(C)(NCc1cc(Cl)c(OCc2cccc(-c3cccc(-c4ccc(OCCCCCO)cc4)c3Cl)c2Cl)nc1OCc1cc(C#N)cc(C#N)c1)C(=O)O. The Morgan fingerprint density at radius 1 is 0.768 bits per heavy atom. The molecule has 56 heavy (non-hydrogen) atoms. The van der Waals surface area contributed by atoms with Gasteiger partial charge in [0, 0.05) is 41.0 Å². The maximum atomic E-state index is 11.8. The fourth-order valence-electron chi connectivity index (χ4n) is 5.61. The average Bonchev–Trinajstić information content (AvgIpc) is 3.19. The minimum Gasteiger partial charge on any atom is -0.494 e. The smallest absolute Gasteiger partial charge is 0.323 e. The van der Waals surface area contributed by atoms with E-state index in [9.17, 15) is 20.4 Å². The zero-order chi connectivity index (χ0) is 40.2. The van der Waals surface area contributed by atoms with Crippen LogP contribution in [0.4, 0.5) is 0 Å². The summed E-state index contributed by atoms with van der Waals surface area (Å²) in [6.45, 7) is 3.79. The molecule has 4 aromatic carbocycles. The highest BCUT2D eigenvalue weighted by atomic mass is 35.5. The van der Waals surface area contributed by atoms with Crippen molar-refractivity contribution in [3.63, 3.8) is 0 Å². The number of benzene rings is 4. The van der Waals surface area contributed by atoms with Crippen LogP contribution in [0, 0.1) is 22.7 Å². The Morgan fingerprint density at radius 2 is 1.41 bits per heavy atom. The van der Waals surface area contributed by atoms with Crippen LogP contribution in [0.25, 0.3) is 22.3 Å². The maximum absolute atomic E-state index is 11.8. The Kier molecular flexibility index (Phi) is 14.6. The molecule has 10 nitrogen and oxygen atoms in total. The molecule has 13 heteroatoms. The first-order valence-corrected chi connectivity index (χ1v) is 18.9. The Bertz CT molecular complexity index is 2240. The summed E-state index contributed by atoms with van der Waals surface area (Å²) in [4.78, 5) is 16.3. The van der Waals surface area contributed by atoms with Gasteiger partial charge in [0.05, 0.1) is 39.9 Å². The number of nitrogens with zero attached hydrogens (tertiary/aromatic N) is 3. The van der Waals surface area contributed by atoms with E-state index in [0.717, 1.165) is 41.7 Å². The zero-order valence-corrected chi connectivity index (χ0v) is 33.0. The van der Waals surface area contributed by atoms with Crippen LogP contribution in [0.5, 0.6) is 17.5 Å². The number of carbonyl (C=O) groups is 1. The Labute approximate surface area is 340 Å². The van der Waals surface area contributed by atoms with Crippen LogP contribution in [0.15, 0.2) is 84.9 Å². The third-order valence-electron chi connectivity index (χ3n) is 8.83. The predicted octanol–water partition coefficient (Wildman–Crippen LogP) is 9.77. The average molecular weight is 814 g/mol. The molecule has 0 aliphatic heterocycles. The van der Waals surface area contributed by atoms with Crippen molar-refractivity contribution in [2.45, 2.75) is 58.4 Å². The minimum absolute atomic E-state index is 0.0169. The van der Waals surface area contributed by atoms with Gasteiger partial charge in [0.15, 0.2) is 0 Å². The topological polar surface area (TPSA) is 158 Å². The lowest BCUT2D eigenvalue weighted by molar-refractivity contribution is -0.143. The molecule has 3 N–H and O–H groups in total. The number of nitrogens with one attached hydrogen (secondary N) is 1. The van der Waals surface area contributed by atoms with E-state index in [1.807, 2.05) is 72.8 Å². The first-order valence-electron chi connectivity index (χ1n) is 17.7. The van der Waals surface area contributed by atoms with Crippen molar-refractivity contribution in [1.29, 1.82) is 10.5 Å². The second-order valence-corrected chi connectivity index (χ2v) is 14.5. The normalized spacial score (nSPS) is 11.1. The minimum atomic E-state index is -1.27. The fraction of sp³-hybridized carbons (Fsp3) is 0.256. The lowest BCUT2D eigenvalue weighted by Gasteiger charge is -2.22. The van der Waals surface area contributed by atoms with Gasteiger partial charge in [-0.15, -0.1) is 0 Å². The lowest BCUT2D eigenvalue weighted by atomic mass is 9.97. The molecule has 0 atom stereocenters. The Balaban J connectivity index is 1.37. The van der Waals surface area contributed by atoms with Crippen molar-refractivity contribution in [2.75, 3.05) is 13.2 Å². The van der Waals surface area contributed by atoms with Crippen LogP contribution in [0.2, 0.25) is 15.1 Å². The van der Waals surface area contributed by atoms with Crippen molar-refractivity contribution in [3.05, 3.63) is 128 Å². The van der Waals surface area contributed by atoms with Crippen LogP contribution < -0.4 is 19.5 Å². The molecule has 1 aromatic heterocycles. The first kappa shape index (κ1) is 41.8. The molecule has 0 aliphatic carbocycles. The van der Waals surface area contributed by atoms with E-state index in [1.54, 1.807) is 18.2 Å². The highest BCUT2D eigenvalue weighted by Gasteiger charge is 2.27. The highest BCUT2D eigenvalue weighted by Crippen LogP contribution is 2.41. The molecule has 288 valence electrons. The summed E-state index contributed by atoms with van der Waals surface area (Å²) in [5.41, 5.74) is 4.14. The van der Waals surface area contributed by atoms with Gasteiger partial charge in [-0.1, -0.05) is 83.3 Å². The van der Waals surface area contributed by atoms with Gasteiger partial charge in [-0.2, -0.15) is 15.5 Å². The quantitative estimate of drug-likeness (QED) is 0.0728. The van der Waals surface area contributed by atoms with Gasteiger partial charge in [-0.05, 0) is 80.6 Å². The Morgan fingerprint density at radius 3 is 2.07 bits per heavy atom. The molecule has 5 aromatic rings. The van der Waals surface area contributed by atoms with Crippen molar-refractivity contribution in [1.82, 2.24) is 10.3 Å². The van der Waals surface area contributed by atoms with Gasteiger partial charge in [0.25, 0.3) is 0 Å². The first-order chi connectivity index (χ1) is 26.9. The largest absolute Gasteiger partial charge is 0.494 e. The van der Waals surface area contributed by atoms with Crippen LogP contribution in [0.1, 0.15) is 60.9 Å². The number of hydrogen-bond donors (Lipinski definition) is 3. The number of aromatic nitrogens is 1. The number of ether oxygens (including phenoxy) is 3. The molecule has 0 bridgehead atoms. The monoisotopic (exact) mass is 812 g/mol. The molecule has 0 aliphatic rings. The number of aliphatic hydroxyl groups is 1. The number of aliphatic hydroxyl groups excluding tert-OH is 1. The van der Waals surface area contributed by atoms with E-state index in [4.69, 9.17) is 54.1 Å². The van der Waals surface area contributed by atoms with Gasteiger partial charge in [-0.25, -0.2) is 0 Å². The number of rotatable bonds is 18. The molecule has 0 fully saturated rings. The summed E-state index contributed by atoms with van der Waals surface area (Å²) in [5.74, 6) is -0.141. The number of carboxylic acids is 1. The summed E-state index contributed by atoms with van der Waals surface area (Å²) in [6, 6.07) is 29.4. The van der Waals surface area contributed by atoms with E-state index in [0.29, 0.717) is 50.0 Å². The molecule has 1 heterocycles. The van der Waals surface area contributed by atoms with Crippen molar-refractivity contribution < 1.29 is 29.2 Å².